The number of hydrogen-bond donors (Lipinski definition) is 1. The summed E-state index contributed by atoms with van der Waals surface area (Å²) in [5, 5.41) is 2.84. The Kier molecular flexibility index (Phi) is 8.65. The van der Waals surface area contributed by atoms with Crippen LogP contribution < -0.4 is 14.8 Å². The lowest BCUT2D eigenvalue weighted by atomic mass is 10.0. The largest absolute Gasteiger partial charge is 0.493 e. The van der Waals surface area contributed by atoms with Gasteiger partial charge >= 0.3 is 0 Å². The number of aromatic nitrogens is 1. The van der Waals surface area contributed by atoms with E-state index in [9.17, 15) is 9.59 Å². The molecule has 8 nitrogen and oxygen atoms in total. The Morgan fingerprint density at radius 3 is 2.55 bits per heavy atom. The molecule has 2 heterocycles. The Morgan fingerprint density at radius 1 is 1.06 bits per heavy atom. The molecule has 0 aliphatic carbocycles. The number of benzene rings is 1. The van der Waals surface area contributed by atoms with Crippen LogP contribution in [-0.2, 0) is 22.6 Å². The number of pyridine rings is 1. The summed E-state index contributed by atoms with van der Waals surface area (Å²) in [5.41, 5.74) is 2.94. The molecule has 0 spiro atoms. The van der Waals surface area contributed by atoms with Crippen molar-refractivity contribution in [2.45, 2.75) is 39.3 Å². The summed E-state index contributed by atoms with van der Waals surface area (Å²) < 4.78 is 10.7. The molecule has 1 aromatic heterocycles. The van der Waals surface area contributed by atoms with E-state index in [0.717, 1.165) is 43.0 Å². The summed E-state index contributed by atoms with van der Waals surface area (Å²) >= 11 is 0. The molecule has 0 radical (unpaired) electrons. The topological polar surface area (TPSA) is 84.0 Å². The van der Waals surface area contributed by atoms with Crippen LogP contribution in [0.3, 0.4) is 0 Å². The minimum atomic E-state index is -0.634. The van der Waals surface area contributed by atoms with Gasteiger partial charge < -0.3 is 19.7 Å². The van der Waals surface area contributed by atoms with E-state index in [2.05, 4.69) is 15.2 Å². The van der Waals surface area contributed by atoms with Gasteiger partial charge in [-0.05, 0) is 43.2 Å². The monoisotopic (exact) mass is 454 g/mol. The second kappa shape index (κ2) is 11.7. The fourth-order valence-electron chi connectivity index (χ4n) is 4.18. The SMILES string of the molecule is COc1ccc(CC(NC(C)=O)C(=O)N2CCCN(Cc3cccc(C)n3)CC2)cc1OC. The quantitative estimate of drug-likeness (QED) is 0.658. The van der Waals surface area contributed by atoms with Gasteiger partial charge in [-0.25, -0.2) is 0 Å². The third kappa shape index (κ3) is 6.92. The minimum Gasteiger partial charge on any atom is -0.493 e. The number of hydrogen-bond acceptors (Lipinski definition) is 6. The second-order valence-electron chi connectivity index (χ2n) is 8.37. The number of nitrogens with zero attached hydrogens (tertiary/aromatic N) is 3. The van der Waals surface area contributed by atoms with E-state index in [1.807, 2.05) is 48.2 Å². The third-order valence-corrected chi connectivity index (χ3v) is 5.80. The molecule has 0 saturated carbocycles. The standard InChI is InChI=1S/C25H34N4O4/c1-18-7-5-8-21(26-18)17-28-11-6-12-29(14-13-28)25(31)22(27-19(2)30)15-20-9-10-23(32-3)24(16-20)33-4/h5,7-10,16,22H,6,11-15,17H2,1-4H3,(H,27,30). The number of aryl methyl sites for hydroxylation is 1. The van der Waals surface area contributed by atoms with Crippen molar-refractivity contribution in [1.29, 1.82) is 0 Å². The van der Waals surface area contributed by atoms with E-state index in [1.165, 1.54) is 6.92 Å². The molecule has 1 saturated heterocycles. The van der Waals surface area contributed by atoms with Crippen LogP contribution in [0.2, 0.25) is 0 Å². The Balaban J connectivity index is 1.67. The molecule has 1 N–H and O–H groups in total. The first kappa shape index (κ1) is 24.5. The first-order valence-electron chi connectivity index (χ1n) is 11.3. The molecule has 8 heteroatoms. The highest BCUT2D eigenvalue weighted by Gasteiger charge is 2.27. The maximum atomic E-state index is 13.4. The highest BCUT2D eigenvalue weighted by atomic mass is 16.5. The van der Waals surface area contributed by atoms with E-state index in [0.29, 0.717) is 31.0 Å². The summed E-state index contributed by atoms with van der Waals surface area (Å²) in [5.74, 6) is 0.935. The fraction of sp³-hybridized carbons (Fsp3) is 0.480. The second-order valence-corrected chi connectivity index (χ2v) is 8.37. The maximum Gasteiger partial charge on any atom is 0.245 e. The van der Waals surface area contributed by atoms with E-state index in [-0.39, 0.29) is 11.8 Å². The van der Waals surface area contributed by atoms with Crippen LogP contribution >= 0.6 is 0 Å². The van der Waals surface area contributed by atoms with Crippen LogP contribution in [0.5, 0.6) is 11.5 Å². The van der Waals surface area contributed by atoms with Gasteiger partial charge in [-0.3, -0.25) is 19.5 Å². The maximum absolute atomic E-state index is 13.4. The fourth-order valence-corrected chi connectivity index (χ4v) is 4.18. The van der Waals surface area contributed by atoms with E-state index < -0.39 is 6.04 Å². The molecular formula is C25H34N4O4. The molecule has 178 valence electrons. The number of carbonyl (C=O) groups is 2. The van der Waals surface area contributed by atoms with Gasteiger partial charge in [-0.2, -0.15) is 0 Å². The first-order valence-corrected chi connectivity index (χ1v) is 11.3. The van der Waals surface area contributed by atoms with Crippen LogP contribution in [0.1, 0.15) is 30.3 Å². The Labute approximate surface area is 195 Å². The van der Waals surface area contributed by atoms with Crippen LogP contribution in [0.15, 0.2) is 36.4 Å². The van der Waals surface area contributed by atoms with Crippen LogP contribution in [0, 0.1) is 6.92 Å². The van der Waals surface area contributed by atoms with Gasteiger partial charge in [0.25, 0.3) is 0 Å². The molecule has 1 fully saturated rings. The molecule has 1 unspecified atom stereocenters. The molecule has 0 bridgehead atoms. The average Bonchev–Trinajstić information content (AvgIpc) is 3.03. The highest BCUT2D eigenvalue weighted by molar-refractivity contribution is 5.87. The van der Waals surface area contributed by atoms with E-state index in [4.69, 9.17) is 9.47 Å². The van der Waals surface area contributed by atoms with Gasteiger partial charge in [0, 0.05) is 51.8 Å². The smallest absolute Gasteiger partial charge is 0.245 e. The highest BCUT2D eigenvalue weighted by Crippen LogP contribution is 2.28. The molecule has 1 aliphatic rings. The van der Waals surface area contributed by atoms with Gasteiger partial charge in [-0.15, -0.1) is 0 Å². The molecule has 1 atom stereocenters. The molecule has 1 aliphatic heterocycles. The summed E-state index contributed by atoms with van der Waals surface area (Å²) in [7, 11) is 3.16. The van der Waals surface area contributed by atoms with E-state index in [1.54, 1.807) is 14.2 Å². The third-order valence-electron chi connectivity index (χ3n) is 5.80. The molecule has 2 amide bonds. The van der Waals surface area contributed by atoms with Gasteiger partial charge in [0.2, 0.25) is 11.8 Å². The van der Waals surface area contributed by atoms with E-state index >= 15 is 0 Å². The van der Waals surface area contributed by atoms with Crippen LogP contribution in [-0.4, -0.2) is 73.0 Å². The molecule has 33 heavy (non-hydrogen) atoms. The zero-order valence-electron chi connectivity index (χ0n) is 20.0. The lowest BCUT2D eigenvalue weighted by Crippen LogP contribution is -2.50. The van der Waals surface area contributed by atoms with Crippen molar-refractivity contribution < 1.29 is 19.1 Å². The van der Waals surface area contributed by atoms with Crippen molar-refractivity contribution >= 4 is 11.8 Å². The van der Waals surface area contributed by atoms with Gasteiger partial charge in [0.1, 0.15) is 6.04 Å². The van der Waals surface area contributed by atoms with Crippen molar-refractivity contribution in [3.8, 4) is 11.5 Å². The van der Waals surface area contributed by atoms with Crippen molar-refractivity contribution in [2.75, 3.05) is 40.4 Å². The molecule has 3 rings (SSSR count). The Bertz CT molecular complexity index is 965. The van der Waals surface area contributed by atoms with Crippen molar-refractivity contribution in [3.63, 3.8) is 0 Å². The minimum absolute atomic E-state index is 0.0597. The number of ether oxygens (including phenoxy) is 2. The number of nitrogens with one attached hydrogen (secondary N) is 1. The summed E-state index contributed by atoms with van der Waals surface area (Å²) in [6.07, 6.45) is 1.26. The lowest BCUT2D eigenvalue weighted by Gasteiger charge is -2.27. The average molecular weight is 455 g/mol. The molecular weight excluding hydrogens is 420 g/mol. The van der Waals surface area contributed by atoms with Crippen molar-refractivity contribution in [1.82, 2.24) is 20.1 Å². The Morgan fingerprint density at radius 2 is 1.85 bits per heavy atom. The predicted octanol–water partition coefficient (Wildman–Crippen LogP) is 2.19. The lowest BCUT2D eigenvalue weighted by molar-refractivity contribution is -0.136. The van der Waals surface area contributed by atoms with Crippen LogP contribution in [0.25, 0.3) is 0 Å². The summed E-state index contributed by atoms with van der Waals surface area (Å²) in [6, 6.07) is 11.0. The first-order chi connectivity index (χ1) is 15.9. The van der Waals surface area contributed by atoms with Gasteiger partial charge in [0.05, 0.1) is 19.9 Å². The zero-order valence-corrected chi connectivity index (χ0v) is 20.0. The molecule has 2 aromatic rings. The number of amides is 2. The number of rotatable bonds is 8. The van der Waals surface area contributed by atoms with Gasteiger partial charge in [-0.1, -0.05) is 12.1 Å². The predicted molar refractivity (Wildman–Crippen MR) is 126 cm³/mol. The number of methoxy groups -OCH3 is 2. The van der Waals surface area contributed by atoms with Crippen molar-refractivity contribution in [2.24, 2.45) is 0 Å². The normalized spacial score (nSPS) is 15.5. The zero-order chi connectivity index (χ0) is 23.8. The van der Waals surface area contributed by atoms with Crippen LogP contribution in [0.4, 0.5) is 0 Å². The summed E-state index contributed by atoms with van der Waals surface area (Å²) in [4.78, 5) is 34.1. The van der Waals surface area contributed by atoms with Gasteiger partial charge in [0.15, 0.2) is 11.5 Å². The number of carbonyl (C=O) groups excluding carboxylic acids is 2. The summed E-state index contributed by atoms with van der Waals surface area (Å²) in [6.45, 7) is 7.15. The Hall–Kier alpha value is -3.13. The molecule has 1 aromatic carbocycles. The van der Waals surface area contributed by atoms with Crippen molar-refractivity contribution in [3.05, 3.63) is 53.3 Å².